The SMILES string of the molecule is C=C(C)[C@@H](CC(=O)OCC)OCc1ccc(OC)cc1. The third-order valence-electron chi connectivity index (χ3n) is 2.82. The molecule has 0 aliphatic rings. The minimum Gasteiger partial charge on any atom is -0.497 e. The van der Waals surface area contributed by atoms with Crippen LogP contribution in [0.1, 0.15) is 25.8 Å². The molecule has 20 heavy (non-hydrogen) atoms. The van der Waals surface area contributed by atoms with E-state index in [-0.39, 0.29) is 18.5 Å². The second-order valence-corrected chi connectivity index (χ2v) is 4.50. The summed E-state index contributed by atoms with van der Waals surface area (Å²) >= 11 is 0. The van der Waals surface area contributed by atoms with Crippen molar-refractivity contribution in [3.63, 3.8) is 0 Å². The van der Waals surface area contributed by atoms with E-state index in [1.165, 1.54) is 0 Å². The predicted molar refractivity (Wildman–Crippen MR) is 77.6 cm³/mol. The lowest BCUT2D eigenvalue weighted by Crippen LogP contribution is -2.20. The lowest BCUT2D eigenvalue weighted by Gasteiger charge is -2.17. The number of ether oxygens (including phenoxy) is 3. The number of benzene rings is 1. The Morgan fingerprint density at radius 2 is 1.95 bits per heavy atom. The number of methoxy groups -OCH3 is 1. The molecule has 0 N–H and O–H groups in total. The van der Waals surface area contributed by atoms with Gasteiger partial charge in [-0.25, -0.2) is 0 Å². The fourth-order valence-corrected chi connectivity index (χ4v) is 1.67. The Bertz CT molecular complexity index is 436. The minimum atomic E-state index is -0.323. The van der Waals surface area contributed by atoms with Gasteiger partial charge < -0.3 is 14.2 Å². The molecule has 4 nitrogen and oxygen atoms in total. The second-order valence-electron chi connectivity index (χ2n) is 4.50. The summed E-state index contributed by atoms with van der Waals surface area (Å²) in [7, 11) is 1.63. The van der Waals surface area contributed by atoms with Gasteiger partial charge in [0, 0.05) is 0 Å². The summed E-state index contributed by atoms with van der Waals surface area (Å²) in [5.41, 5.74) is 1.83. The molecule has 1 rings (SSSR count). The fourth-order valence-electron chi connectivity index (χ4n) is 1.67. The first kappa shape index (κ1) is 16.2. The third kappa shape index (κ3) is 5.45. The van der Waals surface area contributed by atoms with Crippen molar-refractivity contribution in [3.05, 3.63) is 42.0 Å². The van der Waals surface area contributed by atoms with Gasteiger partial charge in [0.25, 0.3) is 0 Å². The zero-order valence-corrected chi connectivity index (χ0v) is 12.3. The number of esters is 1. The average Bonchev–Trinajstić information content (AvgIpc) is 2.44. The molecule has 1 aromatic rings. The van der Waals surface area contributed by atoms with Crippen molar-refractivity contribution in [2.45, 2.75) is 33.0 Å². The van der Waals surface area contributed by atoms with Crippen molar-refractivity contribution >= 4 is 5.97 Å². The zero-order chi connectivity index (χ0) is 15.0. The van der Waals surface area contributed by atoms with Gasteiger partial charge in [0.05, 0.1) is 32.8 Å². The van der Waals surface area contributed by atoms with E-state index in [0.29, 0.717) is 13.2 Å². The summed E-state index contributed by atoms with van der Waals surface area (Å²) in [5.74, 6) is 0.534. The molecule has 0 aliphatic heterocycles. The van der Waals surface area contributed by atoms with Crippen molar-refractivity contribution < 1.29 is 19.0 Å². The van der Waals surface area contributed by atoms with Crippen molar-refractivity contribution in [1.29, 1.82) is 0 Å². The number of hydrogen-bond donors (Lipinski definition) is 0. The molecular formula is C16H22O4. The molecule has 0 bridgehead atoms. The molecule has 0 fully saturated rings. The van der Waals surface area contributed by atoms with E-state index in [0.717, 1.165) is 16.9 Å². The molecular weight excluding hydrogens is 256 g/mol. The van der Waals surface area contributed by atoms with Crippen LogP contribution in [0.25, 0.3) is 0 Å². The topological polar surface area (TPSA) is 44.8 Å². The highest BCUT2D eigenvalue weighted by atomic mass is 16.5. The maximum absolute atomic E-state index is 11.5. The van der Waals surface area contributed by atoms with Crippen LogP contribution in [-0.4, -0.2) is 25.8 Å². The van der Waals surface area contributed by atoms with Crippen LogP contribution in [0.5, 0.6) is 5.75 Å². The summed E-state index contributed by atoms with van der Waals surface area (Å²) in [6.45, 7) is 8.28. The van der Waals surface area contributed by atoms with E-state index in [1.54, 1.807) is 14.0 Å². The van der Waals surface area contributed by atoms with Gasteiger partial charge in [-0.1, -0.05) is 24.3 Å². The molecule has 110 valence electrons. The predicted octanol–water partition coefficient (Wildman–Crippen LogP) is 3.11. The Hall–Kier alpha value is -1.81. The molecule has 0 aromatic heterocycles. The highest BCUT2D eigenvalue weighted by Gasteiger charge is 2.16. The minimum absolute atomic E-state index is 0.194. The van der Waals surface area contributed by atoms with E-state index in [1.807, 2.05) is 31.2 Å². The lowest BCUT2D eigenvalue weighted by molar-refractivity contribution is -0.145. The van der Waals surface area contributed by atoms with Crippen LogP contribution in [0.15, 0.2) is 36.4 Å². The lowest BCUT2D eigenvalue weighted by atomic mass is 10.1. The largest absolute Gasteiger partial charge is 0.497 e. The first-order chi connectivity index (χ1) is 9.56. The summed E-state index contributed by atoms with van der Waals surface area (Å²) in [6, 6.07) is 7.61. The van der Waals surface area contributed by atoms with Crippen LogP contribution >= 0.6 is 0 Å². The van der Waals surface area contributed by atoms with Gasteiger partial charge in [-0.2, -0.15) is 0 Å². The van der Waals surface area contributed by atoms with Gasteiger partial charge in [-0.15, -0.1) is 0 Å². The molecule has 4 heteroatoms. The molecule has 0 spiro atoms. The first-order valence-corrected chi connectivity index (χ1v) is 6.62. The number of hydrogen-bond acceptors (Lipinski definition) is 4. The Kier molecular flexibility index (Phi) is 6.81. The third-order valence-corrected chi connectivity index (χ3v) is 2.82. The number of carbonyl (C=O) groups is 1. The van der Waals surface area contributed by atoms with Crippen molar-refractivity contribution in [2.24, 2.45) is 0 Å². The van der Waals surface area contributed by atoms with E-state index in [2.05, 4.69) is 6.58 Å². The first-order valence-electron chi connectivity index (χ1n) is 6.62. The molecule has 0 saturated heterocycles. The highest BCUT2D eigenvalue weighted by molar-refractivity contribution is 5.70. The van der Waals surface area contributed by atoms with Crippen LogP contribution in [0.3, 0.4) is 0 Å². The van der Waals surface area contributed by atoms with E-state index in [9.17, 15) is 4.79 Å². The standard InChI is InChI=1S/C16H22O4/c1-5-19-16(17)10-15(12(2)3)20-11-13-6-8-14(18-4)9-7-13/h6-9,15H,2,5,10-11H2,1,3-4H3/t15-/m1/s1. The quantitative estimate of drug-likeness (QED) is 0.541. The maximum atomic E-state index is 11.5. The van der Waals surface area contributed by atoms with Gasteiger partial charge in [0.2, 0.25) is 0 Å². The molecule has 0 saturated carbocycles. The van der Waals surface area contributed by atoms with Gasteiger partial charge in [0.1, 0.15) is 5.75 Å². The van der Waals surface area contributed by atoms with Crippen LogP contribution in [0.4, 0.5) is 0 Å². The van der Waals surface area contributed by atoms with Gasteiger partial charge in [-0.3, -0.25) is 4.79 Å². The summed E-state index contributed by atoms with van der Waals surface area (Å²) in [6.07, 6.45) is -0.129. The fraction of sp³-hybridized carbons (Fsp3) is 0.438. The van der Waals surface area contributed by atoms with E-state index in [4.69, 9.17) is 14.2 Å². The van der Waals surface area contributed by atoms with Crippen LogP contribution in [-0.2, 0) is 20.9 Å². The number of carbonyl (C=O) groups excluding carboxylic acids is 1. The Morgan fingerprint density at radius 3 is 2.45 bits per heavy atom. The monoisotopic (exact) mass is 278 g/mol. The highest BCUT2D eigenvalue weighted by Crippen LogP contribution is 2.16. The second kappa shape index (κ2) is 8.38. The van der Waals surface area contributed by atoms with E-state index < -0.39 is 0 Å². The molecule has 0 radical (unpaired) electrons. The van der Waals surface area contributed by atoms with Gasteiger partial charge in [-0.05, 0) is 31.5 Å². The molecule has 1 atom stereocenters. The summed E-state index contributed by atoms with van der Waals surface area (Å²) < 4.78 is 15.8. The van der Waals surface area contributed by atoms with Crippen molar-refractivity contribution in [1.82, 2.24) is 0 Å². The van der Waals surface area contributed by atoms with Crippen LogP contribution in [0.2, 0.25) is 0 Å². The van der Waals surface area contributed by atoms with Crippen molar-refractivity contribution in [3.8, 4) is 5.75 Å². The molecule has 0 heterocycles. The Balaban J connectivity index is 2.53. The average molecular weight is 278 g/mol. The van der Waals surface area contributed by atoms with Gasteiger partial charge in [0.15, 0.2) is 0 Å². The van der Waals surface area contributed by atoms with Crippen LogP contribution < -0.4 is 4.74 Å². The van der Waals surface area contributed by atoms with Crippen molar-refractivity contribution in [2.75, 3.05) is 13.7 Å². The smallest absolute Gasteiger partial charge is 0.308 e. The normalized spacial score (nSPS) is 11.8. The Labute approximate surface area is 120 Å². The summed E-state index contributed by atoms with van der Waals surface area (Å²) in [5, 5.41) is 0. The maximum Gasteiger partial charge on any atom is 0.308 e. The molecule has 0 aliphatic carbocycles. The Morgan fingerprint density at radius 1 is 1.30 bits per heavy atom. The molecule has 0 amide bonds. The zero-order valence-electron chi connectivity index (χ0n) is 12.3. The van der Waals surface area contributed by atoms with E-state index >= 15 is 0 Å². The van der Waals surface area contributed by atoms with Crippen LogP contribution in [0, 0.1) is 0 Å². The van der Waals surface area contributed by atoms with Gasteiger partial charge >= 0.3 is 5.97 Å². The molecule has 0 unspecified atom stereocenters. The molecule has 1 aromatic carbocycles. The summed E-state index contributed by atoms with van der Waals surface area (Å²) in [4.78, 5) is 11.5. The number of rotatable bonds is 8.